The predicted octanol–water partition coefficient (Wildman–Crippen LogP) is 4.62. The summed E-state index contributed by atoms with van der Waals surface area (Å²) in [6.45, 7) is 2.72. The fourth-order valence-electron chi connectivity index (χ4n) is 3.78. The van der Waals surface area contributed by atoms with E-state index in [9.17, 15) is 14.4 Å². The van der Waals surface area contributed by atoms with Crippen LogP contribution in [0.1, 0.15) is 34.1 Å². The van der Waals surface area contributed by atoms with E-state index in [2.05, 4.69) is 26.2 Å². The van der Waals surface area contributed by atoms with Gasteiger partial charge in [0.15, 0.2) is 4.80 Å². The van der Waals surface area contributed by atoms with Crippen molar-refractivity contribution >= 4 is 83.4 Å². The molecular weight excluding hydrogens is 546 g/mol. The SMILES string of the molecule is CCn1c(=NC(=O)CSCC(=O)Nc2sc3c(c2C(=O)OC)CCC3)sc2cc(Br)ccc21. The number of benzene rings is 1. The molecule has 0 saturated heterocycles. The highest BCUT2D eigenvalue weighted by atomic mass is 79.9. The second-order valence-corrected chi connectivity index (χ2v) is 11.4. The zero-order valence-corrected chi connectivity index (χ0v) is 22.1. The van der Waals surface area contributed by atoms with Crippen molar-refractivity contribution in [2.75, 3.05) is 23.9 Å². The van der Waals surface area contributed by atoms with Gasteiger partial charge >= 0.3 is 5.97 Å². The van der Waals surface area contributed by atoms with Gasteiger partial charge in [-0.25, -0.2) is 4.79 Å². The van der Waals surface area contributed by atoms with E-state index in [0.29, 0.717) is 21.9 Å². The van der Waals surface area contributed by atoms with Crippen LogP contribution in [0.4, 0.5) is 5.00 Å². The van der Waals surface area contributed by atoms with E-state index < -0.39 is 5.97 Å². The van der Waals surface area contributed by atoms with Gasteiger partial charge in [-0.3, -0.25) is 9.59 Å². The molecule has 0 unspecified atom stereocenters. The van der Waals surface area contributed by atoms with Crippen molar-refractivity contribution < 1.29 is 19.1 Å². The molecule has 3 aromatic rings. The Hall–Kier alpha value is -1.95. The Morgan fingerprint density at radius 2 is 2.06 bits per heavy atom. The molecule has 2 aromatic heterocycles. The van der Waals surface area contributed by atoms with Crippen LogP contribution in [0.25, 0.3) is 10.2 Å². The average molecular weight is 569 g/mol. The molecule has 1 aliphatic rings. The summed E-state index contributed by atoms with van der Waals surface area (Å²) in [4.78, 5) is 43.2. The van der Waals surface area contributed by atoms with Crippen molar-refractivity contribution in [2.24, 2.45) is 4.99 Å². The number of anilines is 1. The molecule has 11 heteroatoms. The summed E-state index contributed by atoms with van der Waals surface area (Å²) in [6.07, 6.45) is 2.75. The van der Waals surface area contributed by atoms with Gasteiger partial charge in [0.2, 0.25) is 5.91 Å². The monoisotopic (exact) mass is 567 g/mol. The summed E-state index contributed by atoms with van der Waals surface area (Å²) in [5, 5.41) is 3.37. The lowest BCUT2D eigenvalue weighted by Crippen LogP contribution is -2.18. The molecule has 1 N–H and O–H groups in total. The third-order valence-electron chi connectivity index (χ3n) is 5.20. The van der Waals surface area contributed by atoms with Crippen molar-refractivity contribution in [2.45, 2.75) is 32.7 Å². The number of hydrogen-bond donors (Lipinski definition) is 1. The summed E-state index contributed by atoms with van der Waals surface area (Å²) in [5.74, 6) is -0.776. The number of thiophene rings is 1. The summed E-state index contributed by atoms with van der Waals surface area (Å²) in [6, 6.07) is 5.98. The molecule has 1 aromatic carbocycles. The molecule has 0 radical (unpaired) electrons. The lowest BCUT2D eigenvalue weighted by molar-refractivity contribution is -0.115. The van der Waals surface area contributed by atoms with Crippen molar-refractivity contribution in [1.82, 2.24) is 4.57 Å². The van der Waals surface area contributed by atoms with Gasteiger partial charge in [-0.05, 0) is 49.9 Å². The van der Waals surface area contributed by atoms with E-state index >= 15 is 0 Å². The predicted molar refractivity (Wildman–Crippen MR) is 137 cm³/mol. The van der Waals surface area contributed by atoms with Gasteiger partial charge in [-0.1, -0.05) is 27.3 Å². The minimum atomic E-state index is -0.425. The maximum Gasteiger partial charge on any atom is 0.341 e. The second kappa shape index (κ2) is 10.5. The number of aromatic nitrogens is 1. The highest BCUT2D eigenvalue weighted by Gasteiger charge is 2.28. The number of hydrogen-bond acceptors (Lipinski definition) is 7. The second-order valence-electron chi connectivity index (χ2n) is 7.34. The first-order chi connectivity index (χ1) is 15.9. The van der Waals surface area contributed by atoms with Gasteiger partial charge in [0.1, 0.15) is 5.00 Å². The van der Waals surface area contributed by atoms with E-state index in [-0.39, 0.29) is 23.3 Å². The molecule has 0 saturated carbocycles. The Balaban J connectivity index is 1.39. The number of carbonyl (C=O) groups is 3. The zero-order valence-electron chi connectivity index (χ0n) is 18.1. The summed E-state index contributed by atoms with van der Waals surface area (Å²) in [7, 11) is 1.34. The molecule has 1 aliphatic carbocycles. The molecule has 7 nitrogen and oxygen atoms in total. The van der Waals surface area contributed by atoms with Crippen LogP contribution in [0.15, 0.2) is 27.7 Å². The quantitative estimate of drug-likeness (QED) is 0.420. The number of aryl methyl sites for hydroxylation is 2. The van der Waals surface area contributed by atoms with Gasteiger partial charge in [0.05, 0.1) is 34.4 Å². The van der Waals surface area contributed by atoms with Crippen LogP contribution in [0.3, 0.4) is 0 Å². The number of nitrogens with one attached hydrogen (secondary N) is 1. The summed E-state index contributed by atoms with van der Waals surface area (Å²) < 4.78 is 8.94. The van der Waals surface area contributed by atoms with Crippen LogP contribution >= 0.6 is 50.4 Å². The molecular formula is C22H22BrN3O4S3. The average Bonchev–Trinajstić information content (AvgIpc) is 3.45. The third kappa shape index (κ3) is 5.26. The van der Waals surface area contributed by atoms with Crippen LogP contribution < -0.4 is 10.1 Å². The van der Waals surface area contributed by atoms with E-state index in [4.69, 9.17) is 4.74 Å². The molecule has 0 fully saturated rings. The number of fused-ring (bicyclic) bond motifs is 2. The molecule has 4 rings (SSSR count). The van der Waals surface area contributed by atoms with Crippen LogP contribution in [0.5, 0.6) is 0 Å². The lowest BCUT2D eigenvalue weighted by atomic mass is 10.1. The molecule has 0 bridgehead atoms. The lowest BCUT2D eigenvalue weighted by Gasteiger charge is -2.06. The fourth-order valence-corrected chi connectivity index (χ4v) is 7.34. The smallest absolute Gasteiger partial charge is 0.341 e. The largest absolute Gasteiger partial charge is 0.465 e. The minimum absolute atomic E-state index is 0.0948. The summed E-state index contributed by atoms with van der Waals surface area (Å²) >= 11 is 7.58. The number of thiazole rings is 1. The Labute approximate surface area is 211 Å². The molecule has 0 aliphatic heterocycles. The first-order valence-corrected chi connectivity index (χ1v) is 14.0. The molecule has 0 spiro atoms. The maximum atomic E-state index is 12.5. The fraction of sp³-hybridized carbons (Fsp3) is 0.364. The topological polar surface area (TPSA) is 89.8 Å². The Bertz CT molecular complexity index is 1310. The van der Waals surface area contributed by atoms with Crippen LogP contribution in [-0.4, -0.2) is 41.0 Å². The van der Waals surface area contributed by atoms with Crippen molar-refractivity contribution in [3.63, 3.8) is 0 Å². The molecule has 2 heterocycles. The standard InChI is InChI=1S/C22H22BrN3O4S3/c1-3-26-14-8-7-12(23)9-16(14)33-22(26)25-18(28)11-31-10-17(27)24-20-19(21(29)30-2)13-5-4-6-15(13)32-20/h7-9H,3-6,10-11H2,1-2H3,(H,24,27). The van der Waals surface area contributed by atoms with E-state index in [0.717, 1.165) is 44.4 Å². The molecule has 0 atom stereocenters. The summed E-state index contributed by atoms with van der Waals surface area (Å²) in [5.41, 5.74) is 2.50. The Morgan fingerprint density at radius 3 is 2.82 bits per heavy atom. The van der Waals surface area contributed by atoms with Gasteiger partial charge in [0, 0.05) is 15.9 Å². The number of amides is 2. The first-order valence-electron chi connectivity index (χ1n) is 10.4. The highest BCUT2D eigenvalue weighted by molar-refractivity contribution is 9.10. The molecule has 2 amide bonds. The van der Waals surface area contributed by atoms with Gasteiger partial charge in [0.25, 0.3) is 5.91 Å². The molecule has 174 valence electrons. The van der Waals surface area contributed by atoms with Crippen LogP contribution in [-0.2, 0) is 33.7 Å². The highest BCUT2D eigenvalue weighted by Crippen LogP contribution is 2.39. The first kappa shape index (κ1) is 24.2. The van der Waals surface area contributed by atoms with Crippen LogP contribution in [0, 0.1) is 0 Å². The van der Waals surface area contributed by atoms with Crippen molar-refractivity contribution in [3.05, 3.63) is 43.5 Å². The van der Waals surface area contributed by atoms with Crippen molar-refractivity contribution in [3.8, 4) is 0 Å². The zero-order chi connectivity index (χ0) is 23.5. The third-order valence-corrected chi connectivity index (χ3v) is 8.86. The van der Waals surface area contributed by atoms with E-state index in [1.165, 1.54) is 41.5 Å². The van der Waals surface area contributed by atoms with Gasteiger partial charge < -0.3 is 14.6 Å². The molecule has 33 heavy (non-hydrogen) atoms. The Morgan fingerprint density at radius 1 is 1.24 bits per heavy atom. The Kier molecular flexibility index (Phi) is 7.72. The van der Waals surface area contributed by atoms with Gasteiger partial charge in [-0.2, -0.15) is 4.99 Å². The normalized spacial score (nSPS) is 13.4. The number of carbonyl (C=O) groups excluding carboxylic acids is 3. The van der Waals surface area contributed by atoms with E-state index in [1.54, 1.807) is 0 Å². The maximum absolute atomic E-state index is 12.5. The number of nitrogens with zero attached hydrogens (tertiary/aromatic N) is 2. The van der Waals surface area contributed by atoms with Crippen LogP contribution in [0.2, 0.25) is 0 Å². The van der Waals surface area contributed by atoms with Crippen molar-refractivity contribution in [1.29, 1.82) is 0 Å². The van der Waals surface area contributed by atoms with Gasteiger partial charge in [-0.15, -0.1) is 23.1 Å². The number of rotatable bonds is 7. The number of methoxy groups -OCH3 is 1. The number of ether oxygens (including phenoxy) is 1. The number of halogens is 1. The van der Waals surface area contributed by atoms with E-state index in [1.807, 2.05) is 29.7 Å². The number of thioether (sulfide) groups is 1. The minimum Gasteiger partial charge on any atom is -0.465 e. The number of esters is 1.